The number of imide groups is 1. The van der Waals surface area contributed by atoms with Crippen molar-refractivity contribution in [2.24, 2.45) is 0 Å². The van der Waals surface area contributed by atoms with Crippen LogP contribution in [0.3, 0.4) is 0 Å². The largest absolute Gasteiger partial charge is 0.419 e. The van der Waals surface area contributed by atoms with Crippen LogP contribution in [0, 0.1) is 0 Å². The van der Waals surface area contributed by atoms with Crippen LogP contribution in [-0.2, 0) is 16.9 Å². The van der Waals surface area contributed by atoms with Crippen molar-refractivity contribution >= 4 is 51.1 Å². The van der Waals surface area contributed by atoms with Crippen LogP contribution in [-0.4, -0.2) is 27.0 Å². The SMILES string of the molecule is CC1(c2ccc(Cl)cc2Cl)NC(=O)N(Cc2nnc(-c3ccc(Br)cc3)o2)C1=O. The highest BCUT2D eigenvalue weighted by atomic mass is 79.9. The molecular formula is C19H13BrCl2N4O3. The number of nitrogens with zero attached hydrogens (tertiary/aromatic N) is 3. The number of hydrogen-bond donors (Lipinski definition) is 1. The van der Waals surface area contributed by atoms with Crippen LogP contribution in [0.2, 0.25) is 10.0 Å². The van der Waals surface area contributed by atoms with E-state index in [4.69, 9.17) is 27.6 Å². The van der Waals surface area contributed by atoms with E-state index in [0.717, 1.165) is 14.9 Å². The Morgan fingerprint density at radius 2 is 1.86 bits per heavy atom. The topological polar surface area (TPSA) is 88.3 Å². The van der Waals surface area contributed by atoms with Crippen LogP contribution < -0.4 is 5.32 Å². The molecule has 1 aliphatic heterocycles. The second kappa shape index (κ2) is 7.44. The number of carbonyl (C=O) groups is 2. The zero-order valence-corrected chi connectivity index (χ0v) is 18.0. The molecule has 3 amide bonds. The molecule has 2 heterocycles. The average Bonchev–Trinajstić information content (AvgIpc) is 3.21. The van der Waals surface area contributed by atoms with Gasteiger partial charge >= 0.3 is 6.03 Å². The normalized spacial score (nSPS) is 19.0. The molecule has 0 spiro atoms. The van der Waals surface area contributed by atoms with Gasteiger partial charge in [0, 0.05) is 25.6 Å². The van der Waals surface area contributed by atoms with E-state index in [1.54, 1.807) is 19.1 Å². The summed E-state index contributed by atoms with van der Waals surface area (Å²) in [5, 5.41) is 11.3. The number of nitrogens with one attached hydrogen (secondary N) is 1. The van der Waals surface area contributed by atoms with Gasteiger partial charge in [-0.3, -0.25) is 9.69 Å². The third-order valence-corrected chi connectivity index (χ3v) is 5.67. The summed E-state index contributed by atoms with van der Waals surface area (Å²) in [4.78, 5) is 26.6. The van der Waals surface area contributed by atoms with Gasteiger partial charge in [0.2, 0.25) is 11.8 Å². The van der Waals surface area contributed by atoms with Crippen molar-refractivity contribution in [3.8, 4) is 11.5 Å². The molecule has 2 aromatic carbocycles. The number of urea groups is 1. The highest BCUT2D eigenvalue weighted by Crippen LogP contribution is 2.35. The summed E-state index contributed by atoms with van der Waals surface area (Å²) in [6, 6.07) is 11.5. The molecule has 0 saturated carbocycles. The molecule has 7 nitrogen and oxygen atoms in total. The van der Waals surface area contributed by atoms with E-state index in [1.165, 1.54) is 6.07 Å². The van der Waals surface area contributed by atoms with Crippen molar-refractivity contribution in [1.82, 2.24) is 20.4 Å². The van der Waals surface area contributed by atoms with E-state index in [0.29, 0.717) is 16.5 Å². The molecule has 1 saturated heterocycles. The fraction of sp³-hybridized carbons (Fsp3) is 0.158. The highest BCUT2D eigenvalue weighted by Gasteiger charge is 2.50. The Morgan fingerprint density at radius 1 is 1.14 bits per heavy atom. The Bertz CT molecular complexity index is 1120. The zero-order valence-electron chi connectivity index (χ0n) is 14.9. The summed E-state index contributed by atoms with van der Waals surface area (Å²) in [6.45, 7) is 1.43. The molecule has 0 radical (unpaired) electrons. The summed E-state index contributed by atoms with van der Waals surface area (Å²) in [7, 11) is 0. The highest BCUT2D eigenvalue weighted by molar-refractivity contribution is 9.10. The number of benzene rings is 2. The maximum Gasteiger partial charge on any atom is 0.325 e. The number of amides is 3. The molecule has 10 heteroatoms. The van der Waals surface area contributed by atoms with E-state index in [1.807, 2.05) is 24.3 Å². The van der Waals surface area contributed by atoms with Crippen LogP contribution in [0.25, 0.3) is 11.5 Å². The lowest BCUT2D eigenvalue weighted by Gasteiger charge is -2.23. The Morgan fingerprint density at radius 3 is 2.55 bits per heavy atom. The maximum atomic E-state index is 13.0. The summed E-state index contributed by atoms with van der Waals surface area (Å²) < 4.78 is 6.54. The minimum absolute atomic E-state index is 0.137. The summed E-state index contributed by atoms with van der Waals surface area (Å²) >= 11 is 15.5. The van der Waals surface area contributed by atoms with Crippen molar-refractivity contribution in [3.63, 3.8) is 0 Å². The lowest BCUT2D eigenvalue weighted by Crippen LogP contribution is -2.41. The average molecular weight is 496 g/mol. The van der Waals surface area contributed by atoms with E-state index >= 15 is 0 Å². The number of rotatable bonds is 4. The van der Waals surface area contributed by atoms with Crippen molar-refractivity contribution < 1.29 is 14.0 Å². The molecule has 148 valence electrons. The fourth-order valence-electron chi connectivity index (χ4n) is 3.08. The monoisotopic (exact) mass is 494 g/mol. The number of halogens is 3. The smallest absolute Gasteiger partial charge is 0.325 e. The summed E-state index contributed by atoms with van der Waals surface area (Å²) in [6.07, 6.45) is 0. The second-order valence-corrected chi connectivity index (χ2v) is 8.34. The van der Waals surface area contributed by atoms with Gasteiger partial charge < -0.3 is 9.73 Å². The Labute approximate surface area is 184 Å². The third-order valence-electron chi connectivity index (χ3n) is 4.60. The van der Waals surface area contributed by atoms with Crippen LogP contribution in [0.15, 0.2) is 51.4 Å². The molecular weight excluding hydrogens is 483 g/mol. The molecule has 3 aromatic rings. The molecule has 1 aromatic heterocycles. The number of hydrogen-bond acceptors (Lipinski definition) is 5. The van der Waals surface area contributed by atoms with Crippen LogP contribution in [0.4, 0.5) is 4.79 Å². The first kappa shape index (κ1) is 19.9. The van der Waals surface area contributed by atoms with E-state index < -0.39 is 17.5 Å². The molecule has 0 aliphatic carbocycles. The van der Waals surface area contributed by atoms with Gasteiger partial charge in [-0.15, -0.1) is 10.2 Å². The lowest BCUT2D eigenvalue weighted by atomic mass is 9.92. The van der Waals surface area contributed by atoms with Gasteiger partial charge in [0.1, 0.15) is 12.1 Å². The lowest BCUT2D eigenvalue weighted by molar-refractivity contribution is -0.131. The molecule has 4 rings (SSSR count). The summed E-state index contributed by atoms with van der Waals surface area (Å²) in [5.41, 5.74) is -0.153. The van der Waals surface area contributed by atoms with Crippen LogP contribution in [0.5, 0.6) is 0 Å². The molecule has 1 atom stereocenters. The minimum Gasteiger partial charge on any atom is -0.419 e. The first-order valence-electron chi connectivity index (χ1n) is 8.46. The number of carbonyl (C=O) groups excluding carboxylic acids is 2. The van der Waals surface area contributed by atoms with E-state index in [9.17, 15) is 9.59 Å². The van der Waals surface area contributed by atoms with Crippen LogP contribution >= 0.6 is 39.1 Å². The second-order valence-electron chi connectivity index (χ2n) is 6.58. The Kier molecular flexibility index (Phi) is 5.10. The predicted octanol–water partition coefficient (Wildman–Crippen LogP) is 4.77. The first-order valence-corrected chi connectivity index (χ1v) is 10.0. The maximum absolute atomic E-state index is 13.0. The van der Waals surface area contributed by atoms with Gasteiger partial charge in [-0.1, -0.05) is 45.2 Å². The standard InChI is InChI=1S/C19H13BrCl2N4O3/c1-19(13-7-6-12(21)8-14(13)22)17(27)26(18(28)23-19)9-15-24-25-16(29-15)10-2-4-11(20)5-3-10/h2-8H,9H2,1H3,(H,23,28). The van der Waals surface area contributed by atoms with Gasteiger partial charge in [-0.05, 0) is 43.3 Å². The minimum atomic E-state index is -1.33. The molecule has 1 unspecified atom stereocenters. The molecule has 0 bridgehead atoms. The molecule has 1 N–H and O–H groups in total. The third kappa shape index (κ3) is 3.63. The van der Waals surface area contributed by atoms with Gasteiger partial charge in [-0.2, -0.15) is 0 Å². The Balaban J connectivity index is 1.58. The fourth-order valence-corrected chi connectivity index (χ4v) is 3.94. The molecule has 1 aliphatic rings. The zero-order chi connectivity index (χ0) is 20.8. The van der Waals surface area contributed by atoms with Gasteiger partial charge in [0.05, 0.1) is 0 Å². The van der Waals surface area contributed by atoms with Gasteiger partial charge in [0.15, 0.2) is 0 Å². The Hall–Kier alpha value is -2.42. The van der Waals surface area contributed by atoms with Crippen molar-refractivity contribution in [1.29, 1.82) is 0 Å². The predicted molar refractivity (Wildman–Crippen MR) is 110 cm³/mol. The van der Waals surface area contributed by atoms with E-state index in [-0.39, 0.29) is 17.5 Å². The number of aromatic nitrogens is 2. The van der Waals surface area contributed by atoms with Gasteiger partial charge in [0.25, 0.3) is 5.91 Å². The van der Waals surface area contributed by atoms with E-state index in [2.05, 4.69) is 31.4 Å². The van der Waals surface area contributed by atoms with Gasteiger partial charge in [-0.25, -0.2) is 4.79 Å². The first-order chi connectivity index (χ1) is 13.8. The summed E-state index contributed by atoms with van der Waals surface area (Å²) in [5.74, 6) is -0.0453. The molecule has 1 fully saturated rings. The van der Waals surface area contributed by atoms with Crippen molar-refractivity contribution in [2.45, 2.75) is 19.0 Å². The van der Waals surface area contributed by atoms with Crippen LogP contribution in [0.1, 0.15) is 18.4 Å². The quantitative estimate of drug-likeness (QED) is 0.526. The van der Waals surface area contributed by atoms with Crippen molar-refractivity contribution in [3.05, 3.63) is 68.4 Å². The van der Waals surface area contributed by atoms with Crippen molar-refractivity contribution in [2.75, 3.05) is 0 Å². The molecule has 29 heavy (non-hydrogen) atoms.